The maximum atomic E-state index is 12.8. The first kappa shape index (κ1) is 15.0. The van der Waals surface area contributed by atoms with Crippen molar-refractivity contribution in [3.63, 3.8) is 0 Å². The van der Waals surface area contributed by atoms with E-state index in [2.05, 4.69) is 15.6 Å². The number of rotatable bonds is 3. The molecule has 2 fully saturated rings. The van der Waals surface area contributed by atoms with E-state index in [1.54, 1.807) is 0 Å². The summed E-state index contributed by atoms with van der Waals surface area (Å²) < 4.78 is 0. The minimum Gasteiger partial charge on any atom is -0.323 e. The molecular formula is C16H22N4O2. The van der Waals surface area contributed by atoms with Crippen LogP contribution in [0.1, 0.15) is 31.2 Å². The van der Waals surface area contributed by atoms with Gasteiger partial charge in [0.25, 0.3) is 5.91 Å². The molecule has 2 aliphatic heterocycles. The number of hydrogen-bond acceptors (Lipinski definition) is 4. The molecule has 22 heavy (non-hydrogen) atoms. The molecule has 0 bridgehead atoms. The molecule has 3 rings (SSSR count). The number of imide groups is 1. The molecule has 2 N–H and O–H groups in total. The van der Waals surface area contributed by atoms with Gasteiger partial charge in [-0.25, -0.2) is 4.79 Å². The van der Waals surface area contributed by atoms with Crippen molar-refractivity contribution in [3.05, 3.63) is 29.6 Å². The van der Waals surface area contributed by atoms with Crippen molar-refractivity contribution >= 4 is 11.9 Å². The zero-order chi connectivity index (χ0) is 15.7. The Morgan fingerprint density at radius 3 is 2.73 bits per heavy atom. The lowest BCUT2D eigenvalue weighted by atomic mass is 9.79. The molecule has 3 heterocycles. The van der Waals surface area contributed by atoms with Crippen LogP contribution in [-0.4, -0.2) is 40.5 Å². The average molecular weight is 302 g/mol. The van der Waals surface area contributed by atoms with Gasteiger partial charge in [-0.05, 0) is 57.8 Å². The second kappa shape index (κ2) is 5.68. The van der Waals surface area contributed by atoms with E-state index in [0.29, 0.717) is 0 Å². The highest BCUT2D eigenvalue weighted by Crippen LogP contribution is 2.32. The summed E-state index contributed by atoms with van der Waals surface area (Å²) in [4.78, 5) is 30.8. The number of nitrogens with zero attached hydrogens (tertiary/aromatic N) is 2. The number of aryl methyl sites for hydroxylation is 1. The van der Waals surface area contributed by atoms with Gasteiger partial charge >= 0.3 is 6.03 Å². The number of hydrogen-bond donors (Lipinski definition) is 2. The maximum absolute atomic E-state index is 12.8. The van der Waals surface area contributed by atoms with Crippen molar-refractivity contribution in [2.75, 3.05) is 13.1 Å². The van der Waals surface area contributed by atoms with Crippen LogP contribution in [0.4, 0.5) is 4.79 Å². The van der Waals surface area contributed by atoms with Crippen LogP contribution >= 0.6 is 0 Å². The topological polar surface area (TPSA) is 74.3 Å². The first-order chi connectivity index (χ1) is 10.5. The van der Waals surface area contributed by atoms with E-state index in [9.17, 15) is 9.59 Å². The van der Waals surface area contributed by atoms with E-state index in [1.165, 1.54) is 4.90 Å². The number of carbonyl (C=O) groups excluding carboxylic acids is 2. The summed E-state index contributed by atoms with van der Waals surface area (Å²) in [7, 11) is 0. The standard InChI is InChI=1S/C16H22N4O2/c1-11-4-3-5-13(18-11)10-20-14(21)16(2,19-15(20)22)12-6-8-17-9-7-12/h3-5,12,17H,6-10H2,1-2H3,(H,19,22)/t16-/m1/s1. The number of carbonyl (C=O) groups is 2. The molecule has 1 atom stereocenters. The van der Waals surface area contributed by atoms with Gasteiger partial charge in [-0.3, -0.25) is 14.7 Å². The average Bonchev–Trinajstić information content (AvgIpc) is 2.73. The first-order valence-corrected chi connectivity index (χ1v) is 7.78. The molecule has 0 spiro atoms. The second-order valence-corrected chi connectivity index (χ2v) is 6.32. The van der Waals surface area contributed by atoms with Crippen LogP contribution in [0.2, 0.25) is 0 Å². The highest BCUT2D eigenvalue weighted by Gasteiger charge is 2.52. The molecule has 0 saturated carbocycles. The molecule has 2 aliphatic rings. The largest absolute Gasteiger partial charge is 0.325 e. The van der Waals surface area contributed by atoms with E-state index in [1.807, 2.05) is 32.0 Å². The smallest absolute Gasteiger partial charge is 0.323 e. The molecule has 1 aromatic rings. The summed E-state index contributed by atoms with van der Waals surface area (Å²) in [6, 6.07) is 5.32. The quantitative estimate of drug-likeness (QED) is 0.823. The van der Waals surface area contributed by atoms with E-state index in [0.717, 1.165) is 37.3 Å². The lowest BCUT2D eigenvalue weighted by Gasteiger charge is -2.34. The summed E-state index contributed by atoms with van der Waals surface area (Å²) >= 11 is 0. The fraction of sp³-hybridized carbons (Fsp3) is 0.562. The Bertz CT molecular complexity index is 598. The van der Waals surface area contributed by atoms with Crippen LogP contribution in [0.3, 0.4) is 0 Å². The van der Waals surface area contributed by atoms with Crippen LogP contribution < -0.4 is 10.6 Å². The predicted molar refractivity (Wildman–Crippen MR) is 82.1 cm³/mol. The molecule has 118 valence electrons. The van der Waals surface area contributed by atoms with E-state index in [4.69, 9.17) is 0 Å². The second-order valence-electron chi connectivity index (χ2n) is 6.32. The molecule has 0 unspecified atom stereocenters. The SMILES string of the molecule is Cc1cccc(CN2C(=O)N[C@](C)(C3CCNCC3)C2=O)n1. The van der Waals surface area contributed by atoms with Gasteiger partial charge in [0, 0.05) is 5.69 Å². The van der Waals surface area contributed by atoms with Gasteiger partial charge in [0.05, 0.1) is 12.2 Å². The van der Waals surface area contributed by atoms with Crippen molar-refractivity contribution < 1.29 is 9.59 Å². The molecule has 0 aromatic carbocycles. The van der Waals surface area contributed by atoms with Crippen LogP contribution in [0.15, 0.2) is 18.2 Å². The minimum absolute atomic E-state index is 0.132. The van der Waals surface area contributed by atoms with Gasteiger partial charge < -0.3 is 10.6 Å². The Morgan fingerprint density at radius 1 is 1.32 bits per heavy atom. The summed E-state index contributed by atoms with van der Waals surface area (Å²) in [5, 5.41) is 6.21. The van der Waals surface area contributed by atoms with Gasteiger partial charge in [0.1, 0.15) is 5.54 Å². The summed E-state index contributed by atoms with van der Waals surface area (Å²) in [6.45, 7) is 5.76. The number of piperidine rings is 1. The molecule has 3 amide bonds. The number of aromatic nitrogens is 1. The molecule has 0 radical (unpaired) electrons. The zero-order valence-corrected chi connectivity index (χ0v) is 13.1. The van der Waals surface area contributed by atoms with Crippen LogP contribution in [0.5, 0.6) is 0 Å². The summed E-state index contributed by atoms with van der Waals surface area (Å²) in [6.07, 6.45) is 1.80. The molecule has 2 saturated heterocycles. The number of amides is 3. The van der Waals surface area contributed by atoms with Gasteiger partial charge in [0.15, 0.2) is 0 Å². The maximum Gasteiger partial charge on any atom is 0.325 e. The zero-order valence-electron chi connectivity index (χ0n) is 13.1. The van der Waals surface area contributed by atoms with Gasteiger partial charge in [-0.2, -0.15) is 0 Å². The summed E-state index contributed by atoms with van der Waals surface area (Å²) in [5.41, 5.74) is 0.826. The van der Waals surface area contributed by atoms with Gasteiger partial charge in [-0.1, -0.05) is 6.07 Å². The van der Waals surface area contributed by atoms with Crippen molar-refractivity contribution in [1.82, 2.24) is 20.5 Å². The molecule has 6 heteroatoms. The van der Waals surface area contributed by atoms with Crippen molar-refractivity contribution in [3.8, 4) is 0 Å². The number of urea groups is 1. The highest BCUT2D eigenvalue weighted by atomic mass is 16.2. The van der Waals surface area contributed by atoms with Gasteiger partial charge in [0.2, 0.25) is 0 Å². The monoisotopic (exact) mass is 302 g/mol. The first-order valence-electron chi connectivity index (χ1n) is 7.78. The molecule has 0 aliphatic carbocycles. The molecule has 6 nitrogen and oxygen atoms in total. The third-order valence-corrected chi connectivity index (χ3v) is 4.72. The minimum atomic E-state index is -0.789. The van der Waals surface area contributed by atoms with Crippen molar-refractivity contribution in [2.24, 2.45) is 5.92 Å². The summed E-state index contributed by atoms with van der Waals surface area (Å²) in [5.74, 6) is 0.0494. The van der Waals surface area contributed by atoms with Crippen LogP contribution in [0, 0.1) is 12.8 Å². The van der Waals surface area contributed by atoms with Gasteiger partial charge in [-0.15, -0.1) is 0 Å². The number of pyridine rings is 1. The van der Waals surface area contributed by atoms with E-state index in [-0.39, 0.29) is 24.4 Å². The number of nitrogens with one attached hydrogen (secondary N) is 2. The Hall–Kier alpha value is -1.95. The Kier molecular flexibility index (Phi) is 3.87. The Balaban J connectivity index is 1.79. The normalized spacial score (nSPS) is 26.4. The highest BCUT2D eigenvalue weighted by molar-refractivity contribution is 6.06. The van der Waals surface area contributed by atoms with Crippen LogP contribution in [-0.2, 0) is 11.3 Å². The third-order valence-electron chi connectivity index (χ3n) is 4.72. The lowest BCUT2D eigenvalue weighted by Crippen LogP contribution is -2.53. The lowest BCUT2D eigenvalue weighted by molar-refractivity contribution is -0.133. The van der Waals surface area contributed by atoms with E-state index >= 15 is 0 Å². The fourth-order valence-corrected chi connectivity index (χ4v) is 3.38. The Labute approximate surface area is 130 Å². The van der Waals surface area contributed by atoms with Crippen molar-refractivity contribution in [1.29, 1.82) is 0 Å². The molecular weight excluding hydrogens is 280 g/mol. The van der Waals surface area contributed by atoms with E-state index < -0.39 is 5.54 Å². The molecule has 1 aromatic heterocycles. The van der Waals surface area contributed by atoms with Crippen molar-refractivity contribution in [2.45, 2.75) is 38.8 Å². The Morgan fingerprint density at radius 2 is 2.05 bits per heavy atom. The third kappa shape index (κ3) is 2.59. The fourth-order valence-electron chi connectivity index (χ4n) is 3.38. The predicted octanol–water partition coefficient (Wildman–Crippen LogP) is 1.20. The van der Waals surface area contributed by atoms with Crippen LogP contribution in [0.25, 0.3) is 0 Å².